The summed E-state index contributed by atoms with van der Waals surface area (Å²) < 4.78 is 8.65. The van der Waals surface area contributed by atoms with Crippen molar-refractivity contribution in [2.24, 2.45) is 5.92 Å². The Morgan fingerprint density at radius 1 is 0.719 bits per heavy atom. The van der Waals surface area contributed by atoms with Crippen molar-refractivity contribution >= 4 is 46.2 Å². The molecule has 6 aromatic carbocycles. The van der Waals surface area contributed by atoms with Crippen molar-refractivity contribution in [3.05, 3.63) is 168 Å². The van der Waals surface area contributed by atoms with E-state index in [0.717, 1.165) is 67.7 Å². The molecule has 0 N–H and O–H groups in total. The van der Waals surface area contributed by atoms with Crippen LogP contribution in [0.5, 0.6) is 0 Å². The molecule has 4 nitrogen and oxygen atoms in total. The summed E-state index contributed by atoms with van der Waals surface area (Å²) in [6.45, 7) is 16.1. The second-order valence-corrected chi connectivity index (χ2v) is 21.2. The smallest absolute Gasteiger partial charge is 0.120 e. The minimum absolute atomic E-state index is 0. The molecule has 3 heterocycles. The van der Waals surface area contributed by atoms with Gasteiger partial charge < -0.3 is 14.0 Å². The molecule has 287 valence electrons. The third kappa shape index (κ3) is 8.08. The maximum Gasteiger partial charge on any atom is 0.120 e. The van der Waals surface area contributed by atoms with Gasteiger partial charge in [0.25, 0.3) is 0 Å². The van der Waals surface area contributed by atoms with Crippen molar-refractivity contribution in [2.45, 2.75) is 53.8 Å². The van der Waals surface area contributed by atoms with Gasteiger partial charge in [-0.15, -0.1) is 54.1 Å². The first-order valence-corrected chi connectivity index (χ1v) is 23.0. The number of pyridine rings is 1. The van der Waals surface area contributed by atoms with Crippen LogP contribution >= 0.6 is 0 Å². The van der Waals surface area contributed by atoms with Crippen LogP contribution in [0.2, 0.25) is 19.6 Å². The molecule has 0 bridgehead atoms. The summed E-state index contributed by atoms with van der Waals surface area (Å²) in [7, 11) is -1.34. The number of aryl methyl sites for hydroxylation is 2. The quantitative estimate of drug-likeness (QED) is 0.118. The number of imidazole rings is 1. The van der Waals surface area contributed by atoms with Crippen molar-refractivity contribution < 1.29 is 24.5 Å². The molecule has 0 unspecified atom stereocenters. The first-order valence-electron chi connectivity index (χ1n) is 19.5. The molecule has 0 spiro atoms. The molecular weight excluding hydrogens is 891 g/mol. The molecule has 3 aromatic heterocycles. The predicted molar refractivity (Wildman–Crippen MR) is 238 cm³/mol. The minimum Gasteiger partial charge on any atom is -0.501 e. The van der Waals surface area contributed by atoms with Gasteiger partial charge in [0.1, 0.15) is 5.58 Å². The Morgan fingerprint density at radius 3 is 2.14 bits per heavy atom. The zero-order valence-electron chi connectivity index (χ0n) is 33.6. The fourth-order valence-electron chi connectivity index (χ4n) is 7.86. The van der Waals surface area contributed by atoms with E-state index in [4.69, 9.17) is 9.40 Å². The van der Waals surface area contributed by atoms with Crippen LogP contribution in [0.15, 0.2) is 144 Å². The number of hydrogen-bond acceptors (Lipinski definition) is 3. The van der Waals surface area contributed by atoms with Crippen molar-refractivity contribution in [1.29, 1.82) is 0 Å². The Kier molecular flexibility index (Phi) is 11.6. The zero-order valence-corrected chi connectivity index (χ0v) is 37.0. The Labute approximate surface area is 351 Å². The Bertz CT molecular complexity index is 2790. The number of benzene rings is 6. The fourth-order valence-corrected chi connectivity index (χ4v) is 9.45. The number of hydrogen-bond donors (Lipinski definition) is 0. The Balaban J connectivity index is 0.000000202. The summed E-state index contributed by atoms with van der Waals surface area (Å²) >= 11 is 0. The predicted octanol–water partition coefficient (Wildman–Crippen LogP) is 13.0. The molecule has 9 rings (SSSR count). The summed E-state index contributed by atoms with van der Waals surface area (Å²) in [6, 6.07) is 52.6. The normalized spacial score (nSPS) is 11.5. The van der Waals surface area contributed by atoms with E-state index in [1.165, 1.54) is 33.0 Å². The van der Waals surface area contributed by atoms with Crippen LogP contribution < -0.4 is 5.19 Å². The van der Waals surface area contributed by atoms with Gasteiger partial charge in [-0.1, -0.05) is 117 Å². The average Bonchev–Trinajstić information content (AvgIpc) is 3.77. The van der Waals surface area contributed by atoms with Gasteiger partial charge in [-0.2, -0.15) is 0 Å². The molecular formula is C51H47IrN3OSi-2. The Hall–Kier alpha value is -5.39. The number of aromatic nitrogens is 3. The topological polar surface area (TPSA) is 43.9 Å². The van der Waals surface area contributed by atoms with E-state index in [-0.39, 0.29) is 20.1 Å². The van der Waals surface area contributed by atoms with E-state index in [1.807, 2.05) is 48.5 Å². The number of furan rings is 1. The van der Waals surface area contributed by atoms with Crippen LogP contribution in [0.3, 0.4) is 0 Å². The maximum atomic E-state index is 6.38. The fraction of sp³-hybridized carbons (Fsp3) is 0.176. The third-order valence-corrected chi connectivity index (χ3v) is 12.4. The summed E-state index contributed by atoms with van der Waals surface area (Å²) in [6.07, 6.45) is 3.24. The summed E-state index contributed by atoms with van der Waals surface area (Å²) in [5.41, 5.74) is 14.1. The molecule has 0 saturated carbocycles. The molecule has 9 aromatic rings. The molecule has 6 heteroatoms. The number of nitrogens with zero attached hydrogens (tertiary/aromatic N) is 3. The van der Waals surface area contributed by atoms with E-state index in [9.17, 15) is 0 Å². The van der Waals surface area contributed by atoms with Gasteiger partial charge in [0.2, 0.25) is 0 Å². The van der Waals surface area contributed by atoms with Crippen LogP contribution in [0.1, 0.15) is 30.5 Å². The molecule has 0 aliphatic heterocycles. The van der Waals surface area contributed by atoms with Gasteiger partial charge in [0.15, 0.2) is 0 Å². The molecule has 0 amide bonds. The summed E-state index contributed by atoms with van der Waals surface area (Å²) in [5, 5.41) is 3.67. The minimum atomic E-state index is -1.34. The molecule has 0 fully saturated rings. The largest absolute Gasteiger partial charge is 0.501 e. The molecule has 57 heavy (non-hydrogen) atoms. The molecule has 0 aliphatic rings. The molecule has 0 atom stereocenters. The van der Waals surface area contributed by atoms with E-state index >= 15 is 0 Å². The van der Waals surface area contributed by atoms with Crippen molar-refractivity contribution in [1.82, 2.24) is 14.5 Å². The second kappa shape index (κ2) is 16.6. The number of para-hydroxylation sites is 3. The van der Waals surface area contributed by atoms with Crippen LogP contribution in [0.25, 0.3) is 72.4 Å². The van der Waals surface area contributed by atoms with Gasteiger partial charge in [0.05, 0.1) is 30.5 Å². The van der Waals surface area contributed by atoms with Gasteiger partial charge in [-0.05, 0) is 89.7 Å². The molecule has 1 radical (unpaired) electrons. The maximum absolute atomic E-state index is 6.38. The summed E-state index contributed by atoms with van der Waals surface area (Å²) in [4.78, 5) is 9.80. The Morgan fingerprint density at radius 2 is 1.42 bits per heavy atom. The van der Waals surface area contributed by atoms with E-state index in [2.05, 4.69) is 160 Å². The monoisotopic (exact) mass is 938 g/mol. The first-order chi connectivity index (χ1) is 27.1. The van der Waals surface area contributed by atoms with Gasteiger partial charge in [-0.25, -0.2) is 0 Å². The zero-order chi connectivity index (χ0) is 39.0. The van der Waals surface area contributed by atoms with Gasteiger partial charge in [-0.3, -0.25) is 4.98 Å². The van der Waals surface area contributed by atoms with Gasteiger partial charge >= 0.3 is 0 Å². The van der Waals surface area contributed by atoms with Crippen LogP contribution in [-0.4, -0.2) is 22.6 Å². The van der Waals surface area contributed by atoms with Crippen LogP contribution in [-0.2, 0) is 26.5 Å². The second-order valence-electron chi connectivity index (χ2n) is 16.1. The van der Waals surface area contributed by atoms with Crippen molar-refractivity contribution in [3.8, 4) is 39.5 Å². The van der Waals surface area contributed by atoms with E-state index < -0.39 is 8.07 Å². The third-order valence-electron chi connectivity index (χ3n) is 10.4. The molecule has 0 saturated heterocycles. The average molecular weight is 938 g/mol. The van der Waals surface area contributed by atoms with E-state index in [1.54, 1.807) is 0 Å². The van der Waals surface area contributed by atoms with Crippen molar-refractivity contribution in [3.63, 3.8) is 0 Å². The first kappa shape index (κ1) is 39.8. The summed E-state index contributed by atoms with van der Waals surface area (Å²) in [5.74, 6) is 1.50. The van der Waals surface area contributed by atoms with Crippen LogP contribution in [0.4, 0.5) is 0 Å². The number of rotatable bonds is 7. The SMILES string of the molecule is CC(C)Cc1cc(-c2[c-]cccc2)ncc1[Si](C)(C)C.Cc1cc(-c2ccccc2)cc(C)c1-n1c(-c2[c-]ccc3c2oc2ccccc23)nc2ccccc21.[Ir]. The standard InChI is InChI=1S/C33H23N2O.C18H24NSi.Ir/c1-21-19-24(23-11-4-3-5-12-23)20-22(2)31(21)35-29-17-8-7-16-28(29)34-33(35)27-15-10-14-26-25-13-6-9-18-30(25)36-32(26)27;1-14(2)11-16-12-17(15-9-7-6-8-10-15)19-13-18(16)20(3,4)5;/h3-14,16-20H,1-2H3;6-9,12-14H,11H2,1-5H3;/q2*-1;. The van der Waals surface area contributed by atoms with Gasteiger partial charge in [0, 0.05) is 37.4 Å². The van der Waals surface area contributed by atoms with Crippen LogP contribution in [0, 0.1) is 31.9 Å². The van der Waals surface area contributed by atoms with E-state index in [0.29, 0.717) is 5.92 Å². The van der Waals surface area contributed by atoms with Crippen molar-refractivity contribution in [2.75, 3.05) is 0 Å². The number of fused-ring (bicyclic) bond motifs is 4. The molecule has 0 aliphatic carbocycles.